The van der Waals surface area contributed by atoms with Crippen molar-refractivity contribution in [2.45, 2.75) is 32.1 Å². The monoisotopic (exact) mass is 222 g/mol. The largest absolute Gasteiger partial charge is 0.342 e. The van der Waals surface area contributed by atoms with Gasteiger partial charge in [-0.15, -0.1) is 0 Å². The summed E-state index contributed by atoms with van der Waals surface area (Å²) in [5, 5.41) is 0. The maximum Gasteiger partial charge on any atom is 0.226 e. The first kappa shape index (κ1) is 11.6. The van der Waals surface area contributed by atoms with Crippen LogP contribution in [0.2, 0.25) is 0 Å². The van der Waals surface area contributed by atoms with Gasteiger partial charge in [-0.2, -0.15) is 0 Å². The van der Waals surface area contributed by atoms with Crippen LogP contribution in [0.4, 0.5) is 0 Å². The van der Waals surface area contributed by atoms with Crippen LogP contribution in [0.25, 0.3) is 0 Å². The molecule has 1 amide bonds. The van der Waals surface area contributed by atoms with Gasteiger partial charge in [-0.3, -0.25) is 4.79 Å². The van der Waals surface area contributed by atoms with Crippen molar-refractivity contribution in [1.29, 1.82) is 0 Å². The molecule has 1 fully saturated rings. The summed E-state index contributed by atoms with van der Waals surface area (Å²) in [6.45, 7) is 2.61. The number of hydrogen-bond donors (Lipinski definition) is 1. The molecule has 2 aliphatic rings. The summed E-state index contributed by atoms with van der Waals surface area (Å²) in [6.07, 6.45) is 9.55. The highest BCUT2D eigenvalue weighted by Crippen LogP contribution is 2.23. The predicted molar refractivity (Wildman–Crippen MR) is 64.8 cm³/mol. The minimum absolute atomic E-state index is 0.249. The molecule has 0 bridgehead atoms. The number of nitrogens with zero attached hydrogens (tertiary/aromatic N) is 1. The summed E-state index contributed by atoms with van der Waals surface area (Å²) < 4.78 is 0. The Hall–Kier alpha value is -0.830. The predicted octanol–water partition coefficient (Wildman–Crippen LogP) is 1.54. The van der Waals surface area contributed by atoms with Crippen molar-refractivity contribution < 1.29 is 4.79 Å². The molecule has 0 aromatic carbocycles. The Bertz CT molecular complexity index is 267. The minimum atomic E-state index is 0.249. The van der Waals surface area contributed by atoms with Crippen LogP contribution >= 0.6 is 0 Å². The summed E-state index contributed by atoms with van der Waals surface area (Å²) in [4.78, 5) is 14.3. The number of carbonyl (C=O) groups is 1. The third kappa shape index (κ3) is 2.64. The van der Waals surface area contributed by atoms with E-state index < -0.39 is 0 Å². The molecule has 90 valence electrons. The van der Waals surface area contributed by atoms with E-state index >= 15 is 0 Å². The van der Waals surface area contributed by atoms with Crippen LogP contribution in [-0.2, 0) is 4.79 Å². The van der Waals surface area contributed by atoms with Crippen molar-refractivity contribution in [2.24, 2.45) is 17.6 Å². The van der Waals surface area contributed by atoms with Crippen molar-refractivity contribution in [2.75, 3.05) is 19.6 Å². The van der Waals surface area contributed by atoms with E-state index in [1.807, 2.05) is 0 Å². The average Bonchev–Trinajstić information content (AvgIpc) is 2.39. The highest BCUT2D eigenvalue weighted by Gasteiger charge is 2.27. The number of likely N-dealkylation sites (tertiary alicyclic amines) is 1. The second kappa shape index (κ2) is 5.48. The fourth-order valence-electron chi connectivity index (χ4n) is 2.67. The van der Waals surface area contributed by atoms with Gasteiger partial charge in [-0.05, 0) is 44.6 Å². The van der Waals surface area contributed by atoms with Gasteiger partial charge in [-0.1, -0.05) is 12.2 Å². The number of amides is 1. The molecule has 3 nitrogen and oxygen atoms in total. The van der Waals surface area contributed by atoms with Crippen LogP contribution in [0.5, 0.6) is 0 Å². The first-order chi connectivity index (χ1) is 7.81. The molecular formula is C13H22N2O. The van der Waals surface area contributed by atoms with Crippen LogP contribution in [0.1, 0.15) is 32.1 Å². The third-order valence-electron chi connectivity index (χ3n) is 3.88. The van der Waals surface area contributed by atoms with E-state index in [2.05, 4.69) is 17.1 Å². The maximum atomic E-state index is 12.2. The lowest BCUT2D eigenvalue weighted by Crippen LogP contribution is -2.43. The molecule has 1 saturated heterocycles. The van der Waals surface area contributed by atoms with E-state index in [9.17, 15) is 4.79 Å². The molecule has 2 rings (SSSR count). The van der Waals surface area contributed by atoms with E-state index in [-0.39, 0.29) is 5.92 Å². The molecule has 1 aliphatic heterocycles. The van der Waals surface area contributed by atoms with Crippen molar-refractivity contribution in [1.82, 2.24) is 4.90 Å². The summed E-state index contributed by atoms with van der Waals surface area (Å²) in [5.74, 6) is 1.26. The van der Waals surface area contributed by atoms with Gasteiger partial charge in [-0.25, -0.2) is 0 Å². The topological polar surface area (TPSA) is 46.3 Å². The summed E-state index contributed by atoms with van der Waals surface area (Å²) in [7, 11) is 0. The van der Waals surface area contributed by atoms with Gasteiger partial charge in [0.25, 0.3) is 0 Å². The molecule has 1 atom stereocenters. The fourth-order valence-corrected chi connectivity index (χ4v) is 2.67. The summed E-state index contributed by atoms with van der Waals surface area (Å²) in [5.41, 5.74) is 5.66. The number of nitrogens with two attached hydrogens (primary N) is 1. The lowest BCUT2D eigenvalue weighted by Gasteiger charge is -2.34. The Morgan fingerprint density at radius 3 is 2.56 bits per heavy atom. The molecule has 1 heterocycles. The number of piperidine rings is 1. The van der Waals surface area contributed by atoms with Crippen molar-refractivity contribution in [3.63, 3.8) is 0 Å². The number of rotatable bonds is 2. The summed E-state index contributed by atoms with van der Waals surface area (Å²) >= 11 is 0. The lowest BCUT2D eigenvalue weighted by atomic mass is 9.91. The van der Waals surface area contributed by atoms with E-state index in [0.717, 1.165) is 51.7 Å². The summed E-state index contributed by atoms with van der Waals surface area (Å²) in [6, 6.07) is 0. The van der Waals surface area contributed by atoms with Gasteiger partial charge in [0.1, 0.15) is 0 Å². The highest BCUT2D eigenvalue weighted by atomic mass is 16.2. The Balaban J connectivity index is 1.84. The zero-order valence-corrected chi connectivity index (χ0v) is 9.90. The zero-order valence-electron chi connectivity index (χ0n) is 9.90. The molecule has 0 aromatic rings. The molecule has 0 radical (unpaired) electrons. The van der Waals surface area contributed by atoms with Crippen LogP contribution in [0.15, 0.2) is 12.2 Å². The molecule has 16 heavy (non-hydrogen) atoms. The molecule has 0 saturated carbocycles. The Labute approximate surface area is 97.7 Å². The molecule has 2 N–H and O–H groups in total. The molecule has 1 unspecified atom stereocenters. The smallest absolute Gasteiger partial charge is 0.226 e. The first-order valence-electron chi connectivity index (χ1n) is 6.45. The average molecular weight is 222 g/mol. The molecule has 0 spiro atoms. The van der Waals surface area contributed by atoms with Gasteiger partial charge in [0, 0.05) is 19.0 Å². The third-order valence-corrected chi connectivity index (χ3v) is 3.88. The molecular weight excluding hydrogens is 200 g/mol. The van der Waals surface area contributed by atoms with Crippen LogP contribution in [0, 0.1) is 11.8 Å². The van der Waals surface area contributed by atoms with Gasteiger partial charge < -0.3 is 10.6 Å². The van der Waals surface area contributed by atoms with Gasteiger partial charge >= 0.3 is 0 Å². The van der Waals surface area contributed by atoms with E-state index in [1.54, 1.807) is 0 Å². The maximum absolute atomic E-state index is 12.2. The standard InChI is InChI=1S/C13H22N2O/c14-10-11-6-8-15(9-7-11)13(16)12-4-2-1-3-5-12/h1-2,11-12H,3-10,14H2. The number of hydrogen-bond acceptors (Lipinski definition) is 2. The van der Waals surface area contributed by atoms with Crippen molar-refractivity contribution in [3.05, 3.63) is 12.2 Å². The Kier molecular flexibility index (Phi) is 3.99. The highest BCUT2D eigenvalue weighted by molar-refractivity contribution is 5.79. The lowest BCUT2D eigenvalue weighted by molar-refractivity contribution is -0.137. The second-order valence-corrected chi connectivity index (χ2v) is 4.99. The Morgan fingerprint density at radius 1 is 1.25 bits per heavy atom. The Morgan fingerprint density at radius 2 is 2.00 bits per heavy atom. The normalized spacial score (nSPS) is 27.1. The second-order valence-electron chi connectivity index (χ2n) is 4.99. The number of allylic oxidation sites excluding steroid dienone is 2. The SMILES string of the molecule is NCC1CCN(C(=O)C2CC=CCC2)CC1. The molecule has 3 heteroatoms. The van der Waals surface area contributed by atoms with E-state index in [4.69, 9.17) is 5.73 Å². The quantitative estimate of drug-likeness (QED) is 0.720. The van der Waals surface area contributed by atoms with Crippen molar-refractivity contribution >= 4 is 5.91 Å². The van der Waals surface area contributed by atoms with Crippen LogP contribution in [0.3, 0.4) is 0 Å². The first-order valence-corrected chi connectivity index (χ1v) is 6.45. The van der Waals surface area contributed by atoms with Gasteiger partial charge in [0.2, 0.25) is 5.91 Å². The van der Waals surface area contributed by atoms with Gasteiger partial charge in [0.15, 0.2) is 0 Å². The van der Waals surface area contributed by atoms with E-state index in [1.165, 1.54) is 0 Å². The van der Waals surface area contributed by atoms with E-state index in [0.29, 0.717) is 11.8 Å². The molecule has 1 aliphatic carbocycles. The minimum Gasteiger partial charge on any atom is -0.342 e. The van der Waals surface area contributed by atoms with Gasteiger partial charge in [0.05, 0.1) is 0 Å². The fraction of sp³-hybridized carbons (Fsp3) is 0.769. The van der Waals surface area contributed by atoms with Crippen LogP contribution < -0.4 is 5.73 Å². The number of carbonyl (C=O) groups excluding carboxylic acids is 1. The zero-order chi connectivity index (χ0) is 11.4. The van der Waals surface area contributed by atoms with Crippen molar-refractivity contribution in [3.8, 4) is 0 Å². The molecule has 0 aromatic heterocycles. The van der Waals surface area contributed by atoms with Crippen LogP contribution in [-0.4, -0.2) is 30.4 Å².